The van der Waals surface area contributed by atoms with Gasteiger partial charge in [-0.3, -0.25) is 4.79 Å². The molecule has 0 saturated carbocycles. The molecule has 5 heteroatoms. The molecule has 0 fully saturated rings. The van der Waals surface area contributed by atoms with Gasteiger partial charge in [0.15, 0.2) is 0 Å². The maximum Gasteiger partial charge on any atom is 0.323 e. The topological polar surface area (TPSA) is 61.8 Å². The molecule has 0 bridgehead atoms. The van der Waals surface area contributed by atoms with Crippen LogP contribution in [-0.2, 0) is 4.79 Å². The molecule has 0 spiro atoms. The first kappa shape index (κ1) is 17.3. The Hall–Kier alpha value is -1.75. The number of carboxylic acids is 1. The van der Waals surface area contributed by atoms with Crippen molar-refractivity contribution in [2.75, 3.05) is 32.1 Å². The number of hydrogen-bond donors (Lipinski definition) is 2. The van der Waals surface area contributed by atoms with Crippen LogP contribution in [-0.4, -0.2) is 43.9 Å². The first-order valence-corrected chi connectivity index (χ1v) is 7.27. The average Bonchev–Trinajstić information content (AvgIpc) is 2.44. The summed E-state index contributed by atoms with van der Waals surface area (Å²) in [6, 6.07) is 7.85. The molecule has 0 radical (unpaired) electrons. The number of nitrogens with zero attached hydrogens (tertiary/aromatic N) is 1. The van der Waals surface area contributed by atoms with E-state index in [9.17, 15) is 9.90 Å². The molecule has 0 aromatic heterocycles. The van der Waals surface area contributed by atoms with Gasteiger partial charge in [0.2, 0.25) is 0 Å². The number of hydrogen-bond acceptors (Lipinski definition) is 4. The van der Waals surface area contributed by atoms with Gasteiger partial charge in [-0.2, -0.15) is 0 Å². The molecule has 1 aromatic rings. The molecule has 2 N–H and O–H groups in total. The Balaban J connectivity index is 2.46. The summed E-state index contributed by atoms with van der Waals surface area (Å²) in [6.45, 7) is 4.76. The maximum absolute atomic E-state index is 11.3. The van der Waals surface area contributed by atoms with Crippen molar-refractivity contribution >= 4 is 11.7 Å². The van der Waals surface area contributed by atoms with Crippen LogP contribution in [0, 0.1) is 0 Å². The summed E-state index contributed by atoms with van der Waals surface area (Å²) in [4.78, 5) is 13.3. The van der Waals surface area contributed by atoms with E-state index >= 15 is 0 Å². The van der Waals surface area contributed by atoms with Crippen LogP contribution in [0.25, 0.3) is 0 Å². The molecule has 0 heterocycles. The Kier molecular flexibility index (Phi) is 6.49. The standard InChI is InChI=1S/C16H26N2O3/c1-5-17-16(2,15(19)20)10-7-11-21-14-9-6-8-13(12-14)18(3)4/h6,8-9,12,17H,5,7,10-11H2,1-4H3,(H,19,20). The second kappa shape index (κ2) is 7.88. The van der Waals surface area contributed by atoms with Crippen molar-refractivity contribution in [1.82, 2.24) is 5.32 Å². The zero-order chi connectivity index (χ0) is 15.9. The Morgan fingerprint density at radius 1 is 1.43 bits per heavy atom. The summed E-state index contributed by atoms with van der Waals surface area (Å²) in [5.41, 5.74) is 0.194. The van der Waals surface area contributed by atoms with Crippen LogP contribution >= 0.6 is 0 Å². The molecule has 21 heavy (non-hydrogen) atoms. The molecule has 0 saturated heterocycles. The van der Waals surface area contributed by atoms with E-state index in [0.717, 1.165) is 11.4 Å². The third-order valence-electron chi connectivity index (χ3n) is 3.46. The number of benzene rings is 1. The van der Waals surface area contributed by atoms with Crippen molar-refractivity contribution in [2.45, 2.75) is 32.2 Å². The van der Waals surface area contributed by atoms with Crippen molar-refractivity contribution in [2.24, 2.45) is 0 Å². The van der Waals surface area contributed by atoms with Crippen LogP contribution in [0.15, 0.2) is 24.3 Å². The second-order valence-corrected chi connectivity index (χ2v) is 5.51. The highest BCUT2D eigenvalue weighted by atomic mass is 16.5. The van der Waals surface area contributed by atoms with Gasteiger partial charge in [0, 0.05) is 25.8 Å². The van der Waals surface area contributed by atoms with Crippen LogP contribution < -0.4 is 15.0 Å². The molecule has 118 valence electrons. The van der Waals surface area contributed by atoms with E-state index in [0.29, 0.717) is 26.0 Å². The number of carboxylic acid groups (broad SMARTS) is 1. The number of nitrogens with one attached hydrogen (secondary N) is 1. The van der Waals surface area contributed by atoms with Gasteiger partial charge in [-0.15, -0.1) is 0 Å². The average molecular weight is 294 g/mol. The summed E-state index contributed by atoms with van der Waals surface area (Å²) in [5.74, 6) is -0.0133. The van der Waals surface area contributed by atoms with Gasteiger partial charge in [-0.1, -0.05) is 13.0 Å². The minimum atomic E-state index is -0.885. The Morgan fingerprint density at radius 3 is 2.71 bits per heavy atom. The predicted molar refractivity (Wildman–Crippen MR) is 85.2 cm³/mol. The summed E-state index contributed by atoms with van der Waals surface area (Å²) in [7, 11) is 3.96. The van der Waals surface area contributed by atoms with Crippen molar-refractivity contribution < 1.29 is 14.6 Å². The van der Waals surface area contributed by atoms with Crippen LogP contribution in [0.3, 0.4) is 0 Å². The number of anilines is 1. The fourth-order valence-electron chi connectivity index (χ4n) is 2.13. The molecule has 5 nitrogen and oxygen atoms in total. The fraction of sp³-hybridized carbons (Fsp3) is 0.562. The Morgan fingerprint density at radius 2 is 2.14 bits per heavy atom. The molecule has 1 atom stereocenters. The number of rotatable bonds is 9. The Bertz CT molecular complexity index is 463. The third-order valence-corrected chi connectivity index (χ3v) is 3.46. The van der Waals surface area contributed by atoms with E-state index < -0.39 is 11.5 Å². The minimum Gasteiger partial charge on any atom is -0.494 e. The first-order chi connectivity index (χ1) is 9.89. The van der Waals surface area contributed by atoms with Crippen LogP contribution in [0.2, 0.25) is 0 Å². The smallest absolute Gasteiger partial charge is 0.323 e. The zero-order valence-corrected chi connectivity index (χ0v) is 13.3. The highest BCUT2D eigenvalue weighted by Crippen LogP contribution is 2.20. The molecule has 0 amide bonds. The highest BCUT2D eigenvalue weighted by Gasteiger charge is 2.31. The lowest BCUT2D eigenvalue weighted by Crippen LogP contribution is -2.49. The molecule has 1 aromatic carbocycles. The minimum absolute atomic E-state index is 0.505. The van der Waals surface area contributed by atoms with E-state index in [2.05, 4.69) is 5.32 Å². The van der Waals surface area contributed by atoms with Crippen LogP contribution in [0.4, 0.5) is 5.69 Å². The molecule has 0 aliphatic carbocycles. The fourth-order valence-corrected chi connectivity index (χ4v) is 2.13. The lowest BCUT2D eigenvalue weighted by molar-refractivity contribution is -0.144. The molecule has 0 aliphatic heterocycles. The van der Waals surface area contributed by atoms with Gasteiger partial charge in [-0.25, -0.2) is 0 Å². The van der Waals surface area contributed by atoms with Crippen molar-refractivity contribution in [3.8, 4) is 5.75 Å². The summed E-state index contributed by atoms with van der Waals surface area (Å²) in [5, 5.41) is 12.3. The van der Waals surface area contributed by atoms with Gasteiger partial charge < -0.3 is 20.1 Å². The molecular formula is C16H26N2O3. The van der Waals surface area contributed by atoms with Crippen molar-refractivity contribution in [1.29, 1.82) is 0 Å². The summed E-state index contributed by atoms with van der Waals surface area (Å²) < 4.78 is 5.70. The summed E-state index contributed by atoms with van der Waals surface area (Å²) in [6.07, 6.45) is 1.21. The zero-order valence-electron chi connectivity index (χ0n) is 13.3. The first-order valence-electron chi connectivity index (χ1n) is 7.27. The second-order valence-electron chi connectivity index (χ2n) is 5.51. The molecule has 1 rings (SSSR count). The summed E-state index contributed by atoms with van der Waals surface area (Å²) >= 11 is 0. The van der Waals surface area contributed by atoms with E-state index in [1.54, 1.807) is 6.92 Å². The normalized spacial score (nSPS) is 13.5. The largest absolute Gasteiger partial charge is 0.494 e. The van der Waals surface area contributed by atoms with E-state index in [4.69, 9.17) is 4.74 Å². The van der Waals surface area contributed by atoms with E-state index in [-0.39, 0.29) is 0 Å². The van der Waals surface area contributed by atoms with Crippen molar-refractivity contribution in [3.63, 3.8) is 0 Å². The number of aliphatic carboxylic acids is 1. The van der Waals surface area contributed by atoms with Gasteiger partial charge in [0.25, 0.3) is 0 Å². The number of ether oxygens (including phenoxy) is 1. The molecular weight excluding hydrogens is 268 g/mol. The van der Waals surface area contributed by atoms with Crippen LogP contribution in [0.5, 0.6) is 5.75 Å². The van der Waals surface area contributed by atoms with Gasteiger partial charge in [0.05, 0.1) is 6.61 Å². The maximum atomic E-state index is 11.3. The number of likely N-dealkylation sites (N-methyl/N-ethyl adjacent to an activating group) is 1. The monoisotopic (exact) mass is 294 g/mol. The Labute approximate surface area is 126 Å². The lowest BCUT2D eigenvalue weighted by atomic mass is 9.96. The van der Waals surface area contributed by atoms with Gasteiger partial charge in [0.1, 0.15) is 11.3 Å². The third kappa shape index (κ3) is 5.27. The van der Waals surface area contributed by atoms with Crippen LogP contribution in [0.1, 0.15) is 26.7 Å². The highest BCUT2D eigenvalue weighted by molar-refractivity contribution is 5.78. The van der Waals surface area contributed by atoms with Gasteiger partial charge >= 0.3 is 5.97 Å². The molecule has 0 aliphatic rings. The van der Waals surface area contributed by atoms with Crippen molar-refractivity contribution in [3.05, 3.63) is 24.3 Å². The molecule has 1 unspecified atom stereocenters. The number of carbonyl (C=O) groups is 1. The SMILES string of the molecule is CCNC(C)(CCCOc1cccc(N(C)C)c1)C(=O)O. The van der Waals surface area contributed by atoms with E-state index in [1.165, 1.54) is 0 Å². The quantitative estimate of drug-likeness (QED) is 0.685. The van der Waals surface area contributed by atoms with E-state index in [1.807, 2.05) is 50.2 Å². The lowest BCUT2D eigenvalue weighted by Gasteiger charge is -2.25. The van der Waals surface area contributed by atoms with Gasteiger partial charge in [-0.05, 0) is 38.4 Å². The predicted octanol–water partition coefficient (Wildman–Crippen LogP) is 2.36.